The molecule has 10 nitrogen and oxygen atoms in total. The molecule has 2 aliphatic rings. The van der Waals surface area contributed by atoms with E-state index in [4.69, 9.17) is 30.5 Å². The molecule has 280 valence electrons. The van der Waals surface area contributed by atoms with Gasteiger partial charge < -0.3 is 39.6 Å². The minimum atomic E-state index is -1.48. The molecule has 0 aliphatic carbocycles. The summed E-state index contributed by atoms with van der Waals surface area (Å²) in [4.78, 5) is 24.7. The highest BCUT2D eigenvalue weighted by Gasteiger charge is 2.54. The molecular weight excluding hydrogens is 669 g/mol. The third-order valence-electron chi connectivity index (χ3n) is 9.72. The number of hydrogen-bond acceptors (Lipinski definition) is 10. The minimum Gasteiger partial charge on any atom is -0.457 e. The van der Waals surface area contributed by atoms with Gasteiger partial charge in [-0.1, -0.05) is 62.7 Å². The van der Waals surface area contributed by atoms with Crippen LogP contribution < -0.4 is 5.32 Å². The zero-order valence-electron chi connectivity index (χ0n) is 30.4. The fraction of sp³-hybridized carbons (Fsp3) is 0.632. The van der Waals surface area contributed by atoms with Gasteiger partial charge in [-0.3, -0.25) is 9.59 Å². The molecule has 0 bridgehead atoms. The predicted octanol–water partition coefficient (Wildman–Crippen LogP) is 5.35. The molecule has 4 N–H and O–H groups in total. The van der Waals surface area contributed by atoms with Crippen LogP contribution in [0.2, 0.25) is 5.02 Å². The maximum atomic E-state index is 14.7. The lowest BCUT2D eigenvalue weighted by molar-refractivity contribution is -0.157. The van der Waals surface area contributed by atoms with Crippen molar-refractivity contribution in [3.63, 3.8) is 0 Å². The molecule has 0 spiro atoms. The Morgan fingerprint density at radius 1 is 1.28 bits per heavy atom. The zero-order chi connectivity index (χ0) is 37.4. The van der Waals surface area contributed by atoms with Crippen LogP contribution in [0.5, 0.6) is 0 Å². The molecule has 0 radical (unpaired) electrons. The molecule has 50 heavy (non-hydrogen) atoms. The van der Waals surface area contributed by atoms with E-state index in [0.29, 0.717) is 11.1 Å². The molecule has 3 unspecified atom stereocenters. The Kier molecular flexibility index (Phi) is 15.2. The molecular formula is C38H55ClFNO9. The summed E-state index contributed by atoms with van der Waals surface area (Å²) in [6, 6.07) is 3.81. The summed E-state index contributed by atoms with van der Waals surface area (Å²) < 4.78 is 37.7. The van der Waals surface area contributed by atoms with E-state index in [1.807, 2.05) is 20.8 Å². The molecule has 0 aromatic heterocycles. The number of ether oxygens (including phenoxy) is 4. The standard InChI is InChI=1S/C38H55ClFNO9/c1-9-30(47-8)24(4)34-35(50-34)36(41-21-26-13-14-27(39)19-29(26)40)38(7,46)17-10-11-22(2)33-23(3)12-15-31(48-25(5)42)37(6,45)18-16-28(43)20-32(44)49-33/h10-15,17,19,23-24,28,30-31,33-36,41,43,45-46H,9,16,18,20-21H2,1-8H3/t23-,24+,28+,30-,31-,33+,34?,35-,36?,37+,38?/m0/s1. The van der Waals surface area contributed by atoms with Gasteiger partial charge in [0, 0.05) is 43.0 Å². The second-order valence-corrected chi connectivity index (χ2v) is 14.6. The van der Waals surface area contributed by atoms with Crippen molar-refractivity contribution in [3.05, 3.63) is 70.6 Å². The van der Waals surface area contributed by atoms with Gasteiger partial charge in [-0.15, -0.1) is 0 Å². The topological polar surface area (TPSA) is 147 Å². The molecule has 11 atom stereocenters. The Morgan fingerprint density at radius 3 is 2.60 bits per heavy atom. The number of nitrogens with one attached hydrogen (secondary N) is 1. The van der Waals surface area contributed by atoms with Crippen LogP contribution in [0.1, 0.15) is 79.7 Å². The van der Waals surface area contributed by atoms with Crippen LogP contribution >= 0.6 is 11.6 Å². The van der Waals surface area contributed by atoms with Crippen molar-refractivity contribution < 1.29 is 48.2 Å². The van der Waals surface area contributed by atoms with E-state index in [9.17, 15) is 29.3 Å². The number of rotatable bonds is 13. The highest BCUT2D eigenvalue weighted by Crippen LogP contribution is 2.39. The summed E-state index contributed by atoms with van der Waals surface area (Å²) in [5, 5.41) is 37.0. The van der Waals surface area contributed by atoms with E-state index in [-0.39, 0.29) is 55.1 Å². The highest BCUT2D eigenvalue weighted by molar-refractivity contribution is 6.30. The number of aliphatic hydroxyl groups is 3. The third-order valence-corrected chi connectivity index (χ3v) is 9.95. The summed E-state index contributed by atoms with van der Waals surface area (Å²) >= 11 is 5.95. The van der Waals surface area contributed by atoms with Crippen molar-refractivity contribution in [3.8, 4) is 0 Å². The van der Waals surface area contributed by atoms with E-state index in [1.165, 1.54) is 19.9 Å². The van der Waals surface area contributed by atoms with Gasteiger partial charge in [0.2, 0.25) is 0 Å². The van der Waals surface area contributed by atoms with Gasteiger partial charge in [0.25, 0.3) is 0 Å². The van der Waals surface area contributed by atoms with E-state index in [1.54, 1.807) is 63.5 Å². The summed E-state index contributed by atoms with van der Waals surface area (Å²) in [6.07, 6.45) is 5.56. The first-order valence-electron chi connectivity index (χ1n) is 17.3. The first-order chi connectivity index (χ1) is 23.4. The van der Waals surface area contributed by atoms with E-state index in [0.717, 1.165) is 6.42 Å². The van der Waals surface area contributed by atoms with Crippen LogP contribution in [0, 0.1) is 17.7 Å². The van der Waals surface area contributed by atoms with Gasteiger partial charge in [-0.25, -0.2) is 4.39 Å². The fourth-order valence-electron chi connectivity index (χ4n) is 6.56. The second kappa shape index (κ2) is 18.2. The van der Waals surface area contributed by atoms with Crippen molar-refractivity contribution >= 4 is 23.5 Å². The number of methoxy groups -OCH3 is 1. The molecule has 2 heterocycles. The SMILES string of the molecule is CC[C@H](OC)[C@@H](C)C1O[C@@H]1C(NCc1ccc(Cl)cc1F)C(C)(O)C=CC=C(C)[C@H]1OC(=O)C[C@H](O)CC[C@@](C)(O)[C@@H](OC(C)=O)C=C[C@@H]1C. The third kappa shape index (κ3) is 11.7. The Hall–Kier alpha value is -2.64. The van der Waals surface area contributed by atoms with E-state index in [2.05, 4.69) is 5.32 Å². The number of aliphatic hydroxyl groups excluding tert-OH is 1. The molecule has 1 fully saturated rings. The number of allylic oxidation sites excluding steroid dienone is 2. The molecule has 3 rings (SSSR count). The van der Waals surface area contributed by atoms with Gasteiger partial charge in [-0.05, 0) is 63.8 Å². The largest absolute Gasteiger partial charge is 0.457 e. The Labute approximate surface area is 300 Å². The van der Waals surface area contributed by atoms with Crippen LogP contribution in [-0.4, -0.2) is 88.2 Å². The van der Waals surface area contributed by atoms with E-state index >= 15 is 0 Å². The minimum absolute atomic E-state index is 0.0355. The van der Waals surface area contributed by atoms with Gasteiger partial charge in [0.1, 0.15) is 29.7 Å². The summed E-state index contributed by atoms with van der Waals surface area (Å²) in [6.45, 7) is 12.2. The number of benzene rings is 1. The average molecular weight is 724 g/mol. The van der Waals surface area contributed by atoms with Crippen LogP contribution in [0.15, 0.2) is 54.2 Å². The van der Waals surface area contributed by atoms with Crippen molar-refractivity contribution in [1.82, 2.24) is 5.32 Å². The zero-order valence-corrected chi connectivity index (χ0v) is 31.2. The summed E-state index contributed by atoms with van der Waals surface area (Å²) in [7, 11) is 1.66. The quantitative estimate of drug-likeness (QED) is 0.0909. The molecule has 1 saturated heterocycles. The maximum absolute atomic E-state index is 14.7. The molecule has 0 amide bonds. The van der Waals surface area contributed by atoms with Gasteiger partial charge in [0.15, 0.2) is 0 Å². The number of epoxide rings is 1. The Morgan fingerprint density at radius 2 is 1.98 bits per heavy atom. The van der Waals surface area contributed by atoms with Crippen LogP contribution in [0.3, 0.4) is 0 Å². The van der Waals surface area contributed by atoms with Gasteiger partial charge in [-0.2, -0.15) is 0 Å². The maximum Gasteiger partial charge on any atom is 0.309 e. The molecule has 2 aliphatic heterocycles. The lowest BCUT2D eigenvalue weighted by Gasteiger charge is -2.32. The summed E-state index contributed by atoms with van der Waals surface area (Å²) in [5.74, 6) is -2.01. The lowest BCUT2D eigenvalue weighted by Crippen LogP contribution is -2.52. The van der Waals surface area contributed by atoms with Crippen molar-refractivity contribution in [2.75, 3.05) is 7.11 Å². The fourth-order valence-corrected chi connectivity index (χ4v) is 6.71. The van der Waals surface area contributed by atoms with Gasteiger partial charge >= 0.3 is 11.9 Å². The normalized spacial score (nSPS) is 31.1. The van der Waals surface area contributed by atoms with Crippen LogP contribution in [-0.2, 0) is 35.1 Å². The van der Waals surface area contributed by atoms with Crippen LogP contribution in [0.4, 0.5) is 4.39 Å². The van der Waals surface area contributed by atoms with E-state index < -0.39 is 59.2 Å². The number of cyclic esters (lactones) is 1. The highest BCUT2D eigenvalue weighted by atomic mass is 35.5. The van der Waals surface area contributed by atoms with Crippen molar-refractivity contribution in [2.24, 2.45) is 11.8 Å². The number of esters is 2. The van der Waals surface area contributed by atoms with Crippen LogP contribution in [0.25, 0.3) is 0 Å². The lowest BCUT2D eigenvalue weighted by atomic mass is 9.87. The van der Waals surface area contributed by atoms with Crippen molar-refractivity contribution in [2.45, 2.75) is 135 Å². The number of carbonyl (C=O) groups is 2. The number of carbonyl (C=O) groups excluding carboxylic acids is 2. The molecule has 0 saturated carbocycles. The molecule has 12 heteroatoms. The summed E-state index contributed by atoms with van der Waals surface area (Å²) in [5.41, 5.74) is -1.93. The Balaban J connectivity index is 1.89. The molecule has 1 aromatic carbocycles. The average Bonchev–Trinajstić information content (AvgIpc) is 3.82. The smallest absolute Gasteiger partial charge is 0.309 e. The first kappa shape index (κ1) is 41.8. The monoisotopic (exact) mass is 723 g/mol. The number of hydrogen-bond donors (Lipinski definition) is 4. The predicted molar refractivity (Wildman–Crippen MR) is 189 cm³/mol. The Bertz CT molecular complexity index is 1390. The van der Waals surface area contributed by atoms with Crippen molar-refractivity contribution in [1.29, 1.82) is 0 Å². The number of halogens is 2. The second-order valence-electron chi connectivity index (χ2n) is 14.1. The van der Waals surface area contributed by atoms with Gasteiger partial charge in [0.05, 0.1) is 36.4 Å². The first-order valence-corrected chi connectivity index (χ1v) is 17.7. The molecule has 1 aromatic rings.